The van der Waals surface area contributed by atoms with Crippen LogP contribution in [0.15, 0.2) is 12.2 Å². The summed E-state index contributed by atoms with van der Waals surface area (Å²) in [6.07, 6.45) is 41.4. The Balaban J connectivity index is 3.60. The number of unbranched alkanes of at least 4 members (excludes halogenated alkanes) is 28. The molecule has 0 spiro atoms. The van der Waals surface area contributed by atoms with E-state index >= 15 is 0 Å². The van der Waals surface area contributed by atoms with E-state index < -0.39 is 36.9 Å². The molecule has 292 valence electrons. The summed E-state index contributed by atoms with van der Waals surface area (Å²) in [6.45, 7) is 3.99. The first-order valence-corrected chi connectivity index (χ1v) is 21.6. The molecule has 5 N–H and O–H groups in total. The van der Waals surface area contributed by atoms with Gasteiger partial charge >= 0.3 is 0 Å². The van der Waals surface area contributed by atoms with Crippen molar-refractivity contribution in [3.05, 3.63) is 12.2 Å². The molecule has 0 aromatic heterocycles. The minimum Gasteiger partial charge on any atom is -0.394 e. The molecular formula is C43H85NO5. The third kappa shape index (κ3) is 32.7. The average molecular weight is 696 g/mol. The SMILES string of the molecule is CCCCCC/C=C\CCC(O)C(=O)NC(CO)C(O)C(O)CCCCCCCCCCCCCCCCCCCCCCCCCCC. The molecule has 6 heteroatoms. The van der Waals surface area contributed by atoms with E-state index in [0.29, 0.717) is 12.8 Å². The Bertz CT molecular complexity index is 702. The van der Waals surface area contributed by atoms with E-state index in [2.05, 4.69) is 25.2 Å². The molecule has 6 nitrogen and oxygen atoms in total. The van der Waals surface area contributed by atoms with E-state index in [1.54, 1.807) is 0 Å². The summed E-state index contributed by atoms with van der Waals surface area (Å²) >= 11 is 0. The van der Waals surface area contributed by atoms with Gasteiger partial charge in [0.05, 0.1) is 18.8 Å². The van der Waals surface area contributed by atoms with Crippen molar-refractivity contribution in [2.45, 2.75) is 250 Å². The Kier molecular flexibility index (Phi) is 37.5. The number of carbonyl (C=O) groups is 1. The summed E-state index contributed by atoms with van der Waals surface area (Å²) < 4.78 is 0. The summed E-state index contributed by atoms with van der Waals surface area (Å²) in [4.78, 5) is 12.4. The highest BCUT2D eigenvalue weighted by Gasteiger charge is 2.28. The maximum atomic E-state index is 12.4. The number of nitrogens with one attached hydrogen (secondary N) is 1. The van der Waals surface area contributed by atoms with Crippen molar-refractivity contribution in [3.8, 4) is 0 Å². The molecule has 0 aromatic rings. The van der Waals surface area contributed by atoms with E-state index in [4.69, 9.17) is 0 Å². The first-order valence-electron chi connectivity index (χ1n) is 21.6. The standard InChI is InChI=1S/C43H85NO5/c1-3-5-7-9-11-13-14-15-16-17-18-19-20-21-22-23-24-25-26-27-28-29-31-32-34-36-40(46)42(48)39(38-45)44-43(49)41(47)37-35-33-30-12-10-8-6-4-2/h30,33,39-42,45-48H,3-29,31-32,34-38H2,1-2H3,(H,44,49)/b33-30-. The Morgan fingerprint density at radius 3 is 1.22 bits per heavy atom. The van der Waals surface area contributed by atoms with Crippen LogP contribution in [0.1, 0.15) is 226 Å². The zero-order chi connectivity index (χ0) is 36.0. The quantitative estimate of drug-likeness (QED) is 0.0325. The van der Waals surface area contributed by atoms with Gasteiger partial charge in [0.25, 0.3) is 0 Å². The smallest absolute Gasteiger partial charge is 0.249 e. The third-order valence-corrected chi connectivity index (χ3v) is 10.2. The van der Waals surface area contributed by atoms with Crippen molar-refractivity contribution in [1.82, 2.24) is 5.32 Å². The largest absolute Gasteiger partial charge is 0.394 e. The minimum absolute atomic E-state index is 0.285. The fourth-order valence-corrected chi connectivity index (χ4v) is 6.76. The molecule has 0 bridgehead atoms. The van der Waals surface area contributed by atoms with Crippen LogP contribution in [0.5, 0.6) is 0 Å². The molecule has 0 aliphatic carbocycles. The van der Waals surface area contributed by atoms with Gasteiger partial charge in [0.2, 0.25) is 5.91 Å². The summed E-state index contributed by atoms with van der Waals surface area (Å²) in [5, 5.41) is 43.4. The predicted octanol–water partition coefficient (Wildman–Crippen LogP) is 11.0. The van der Waals surface area contributed by atoms with Crippen LogP contribution < -0.4 is 5.32 Å². The highest BCUT2D eigenvalue weighted by molar-refractivity contribution is 5.80. The molecule has 0 radical (unpaired) electrons. The number of hydrogen-bond acceptors (Lipinski definition) is 5. The van der Waals surface area contributed by atoms with Crippen molar-refractivity contribution >= 4 is 5.91 Å². The highest BCUT2D eigenvalue weighted by Crippen LogP contribution is 2.17. The molecular weight excluding hydrogens is 610 g/mol. The van der Waals surface area contributed by atoms with E-state index in [1.165, 1.54) is 161 Å². The third-order valence-electron chi connectivity index (χ3n) is 10.2. The average Bonchev–Trinajstić information content (AvgIpc) is 3.11. The Morgan fingerprint density at radius 1 is 0.490 bits per heavy atom. The summed E-state index contributed by atoms with van der Waals surface area (Å²) in [7, 11) is 0. The number of allylic oxidation sites excluding steroid dienone is 2. The lowest BCUT2D eigenvalue weighted by molar-refractivity contribution is -0.132. The van der Waals surface area contributed by atoms with Gasteiger partial charge in [0.15, 0.2) is 0 Å². The van der Waals surface area contributed by atoms with Crippen molar-refractivity contribution in [3.63, 3.8) is 0 Å². The van der Waals surface area contributed by atoms with Gasteiger partial charge in [-0.3, -0.25) is 4.79 Å². The fraction of sp³-hybridized carbons (Fsp3) is 0.930. The van der Waals surface area contributed by atoms with Crippen LogP contribution in [0.2, 0.25) is 0 Å². The van der Waals surface area contributed by atoms with Crippen molar-refractivity contribution in [2.75, 3.05) is 6.61 Å². The number of hydrogen-bond donors (Lipinski definition) is 5. The van der Waals surface area contributed by atoms with Crippen LogP contribution in [0.25, 0.3) is 0 Å². The lowest BCUT2D eigenvalue weighted by Gasteiger charge is -2.27. The highest BCUT2D eigenvalue weighted by atomic mass is 16.3. The molecule has 0 aromatic carbocycles. The van der Waals surface area contributed by atoms with Gasteiger partial charge in [0.1, 0.15) is 12.2 Å². The maximum absolute atomic E-state index is 12.4. The number of aliphatic hydroxyl groups excluding tert-OH is 4. The van der Waals surface area contributed by atoms with E-state index in [9.17, 15) is 25.2 Å². The Morgan fingerprint density at radius 2 is 0.837 bits per heavy atom. The van der Waals surface area contributed by atoms with E-state index in [0.717, 1.165) is 32.1 Å². The van der Waals surface area contributed by atoms with Crippen LogP contribution in [0.4, 0.5) is 0 Å². The number of rotatable bonds is 39. The molecule has 0 aliphatic heterocycles. The van der Waals surface area contributed by atoms with Gasteiger partial charge in [-0.2, -0.15) is 0 Å². The second kappa shape index (κ2) is 38.3. The molecule has 1 amide bonds. The topological polar surface area (TPSA) is 110 Å². The molecule has 0 fully saturated rings. The zero-order valence-corrected chi connectivity index (χ0v) is 32.7. The lowest BCUT2D eigenvalue weighted by Crippen LogP contribution is -2.53. The number of aliphatic hydroxyl groups is 4. The van der Waals surface area contributed by atoms with Gasteiger partial charge < -0.3 is 25.7 Å². The van der Waals surface area contributed by atoms with Gasteiger partial charge in [-0.05, 0) is 32.1 Å². The predicted molar refractivity (Wildman–Crippen MR) is 210 cm³/mol. The van der Waals surface area contributed by atoms with Crippen LogP contribution in [0.3, 0.4) is 0 Å². The van der Waals surface area contributed by atoms with Gasteiger partial charge in [-0.15, -0.1) is 0 Å². The Labute approximate surface area is 304 Å². The molecule has 4 atom stereocenters. The van der Waals surface area contributed by atoms with Gasteiger partial charge in [-0.1, -0.05) is 206 Å². The molecule has 0 aliphatic rings. The minimum atomic E-state index is -1.27. The molecule has 0 heterocycles. The zero-order valence-electron chi connectivity index (χ0n) is 32.7. The number of carbonyl (C=O) groups excluding carboxylic acids is 1. The normalized spacial score (nSPS) is 14.3. The summed E-state index contributed by atoms with van der Waals surface area (Å²) in [5.74, 6) is -0.619. The monoisotopic (exact) mass is 696 g/mol. The van der Waals surface area contributed by atoms with Crippen LogP contribution in [0, 0.1) is 0 Å². The molecule has 0 rings (SSSR count). The van der Waals surface area contributed by atoms with E-state index in [-0.39, 0.29) is 6.42 Å². The van der Waals surface area contributed by atoms with Crippen LogP contribution in [-0.2, 0) is 4.79 Å². The molecule has 0 saturated heterocycles. The van der Waals surface area contributed by atoms with Gasteiger partial charge in [0, 0.05) is 0 Å². The van der Waals surface area contributed by atoms with Crippen LogP contribution >= 0.6 is 0 Å². The first kappa shape index (κ1) is 48.0. The maximum Gasteiger partial charge on any atom is 0.249 e. The lowest BCUT2D eigenvalue weighted by atomic mass is 9.99. The summed E-state index contributed by atoms with van der Waals surface area (Å²) in [5.41, 5.74) is 0. The Hall–Kier alpha value is -0.950. The van der Waals surface area contributed by atoms with Crippen molar-refractivity contribution < 1.29 is 25.2 Å². The van der Waals surface area contributed by atoms with Crippen molar-refractivity contribution in [2.24, 2.45) is 0 Å². The first-order chi connectivity index (χ1) is 24.0. The van der Waals surface area contributed by atoms with E-state index in [1.807, 2.05) is 6.08 Å². The molecule has 0 saturated carbocycles. The second-order valence-corrected chi connectivity index (χ2v) is 15.0. The van der Waals surface area contributed by atoms with Gasteiger partial charge in [-0.25, -0.2) is 0 Å². The fourth-order valence-electron chi connectivity index (χ4n) is 6.76. The molecule has 49 heavy (non-hydrogen) atoms. The molecule has 4 unspecified atom stereocenters. The van der Waals surface area contributed by atoms with Crippen molar-refractivity contribution in [1.29, 1.82) is 0 Å². The second-order valence-electron chi connectivity index (χ2n) is 15.0. The number of amides is 1. The summed E-state index contributed by atoms with van der Waals surface area (Å²) in [6, 6.07) is -0.995. The van der Waals surface area contributed by atoms with Crippen LogP contribution in [-0.4, -0.2) is 57.3 Å².